The van der Waals surface area contributed by atoms with Crippen LogP contribution < -0.4 is 0 Å². The molecule has 2 bridgehead atoms. The number of hydrogen-bond donors (Lipinski definition) is 2. The predicted octanol–water partition coefficient (Wildman–Crippen LogP) is -0.445. The molecule has 0 saturated carbocycles. The SMILES string of the molecule is CCn1ncc2c1[C@@H](C(=O)O)N1C[C@H]2N(OS(=O)(=O)O)C1=O. The Morgan fingerprint density at radius 2 is 2.23 bits per heavy atom. The fraction of sp³-hybridized carbons (Fsp3) is 0.500. The van der Waals surface area contributed by atoms with E-state index in [1.807, 2.05) is 0 Å². The van der Waals surface area contributed by atoms with Crippen LogP contribution in [0.2, 0.25) is 0 Å². The molecule has 1 saturated heterocycles. The van der Waals surface area contributed by atoms with E-state index in [9.17, 15) is 23.1 Å². The van der Waals surface area contributed by atoms with Gasteiger partial charge in [0, 0.05) is 12.1 Å². The summed E-state index contributed by atoms with van der Waals surface area (Å²) in [6.45, 7) is 2.06. The Bertz CT molecular complexity index is 757. The third kappa shape index (κ3) is 2.03. The predicted molar refractivity (Wildman–Crippen MR) is 67.6 cm³/mol. The number of carbonyl (C=O) groups is 2. The van der Waals surface area contributed by atoms with Crippen molar-refractivity contribution >= 4 is 22.4 Å². The highest BCUT2D eigenvalue weighted by Crippen LogP contribution is 2.44. The molecule has 22 heavy (non-hydrogen) atoms. The quantitative estimate of drug-likeness (QED) is 0.706. The molecule has 3 heterocycles. The standard InChI is InChI=1S/C10H12N4O7S/c1-2-13-7-5(3-11-13)6-4-12(8(7)9(15)16)10(17)14(6)21-22(18,19)20/h3,6,8H,2,4H2,1H3,(H,15,16)(H,18,19,20)/t6-,8+/m1/s1. The first-order valence-corrected chi connectivity index (χ1v) is 7.66. The summed E-state index contributed by atoms with van der Waals surface area (Å²) < 4.78 is 36.3. The molecule has 3 rings (SSSR count). The lowest BCUT2D eigenvalue weighted by atomic mass is 9.98. The van der Waals surface area contributed by atoms with Crippen LogP contribution in [0.4, 0.5) is 4.79 Å². The van der Waals surface area contributed by atoms with Gasteiger partial charge in [0.05, 0.1) is 18.4 Å². The number of aliphatic carboxylic acids is 1. The number of hydrogen-bond acceptors (Lipinski definition) is 6. The number of carboxylic acid groups (broad SMARTS) is 1. The molecular weight excluding hydrogens is 320 g/mol. The second-order valence-corrected chi connectivity index (χ2v) is 5.83. The number of urea groups is 1. The summed E-state index contributed by atoms with van der Waals surface area (Å²) in [5, 5.41) is 13.9. The average Bonchev–Trinajstić information content (AvgIpc) is 2.94. The third-order valence-electron chi connectivity index (χ3n) is 3.63. The van der Waals surface area contributed by atoms with Crippen LogP contribution in [0, 0.1) is 0 Å². The highest BCUT2D eigenvalue weighted by atomic mass is 32.3. The zero-order chi connectivity index (χ0) is 16.2. The second kappa shape index (κ2) is 4.66. The van der Waals surface area contributed by atoms with Gasteiger partial charge in [0.25, 0.3) is 0 Å². The monoisotopic (exact) mass is 332 g/mol. The molecule has 120 valence electrons. The minimum Gasteiger partial charge on any atom is -0.479 e. The van der Waals surface area contributed by atoms with Gasteiger partial charge in [-0.15, -0.1) is 4.28 Å². The summed E-state index contributed by atoms with van der Waals surface area (Å²) in [5.41, 5.74) is 0.668. The van der Waals surface area contributed by atoms with Crippen molar-refractivity contribution in [1.82, 2.24) is 19.7 Å². The Hall–Kier alpha value is -2.18. The van der Waals surface area contributed by atoms with E-state index in [0.29, 0.717) is 22.9 Å². The number of nitrogens with zero attached hydrogens (tertiary/aromatic N) is 4. The first-order chi connectivity index (χ1) is 10.2. The number of carbonyl (C=O) groups excluding carboxylic acids is 1. The van der Waals surface area contributed by atoms with Gasteiger partial charge in [-0.05, 0) is 6.92 Å². The van der Waals surface area contributed by atoms with Crippen LogP contribution in [-0.4, -0.2) is 56.4 Å². The summed E-state index contributed by atoms with van der Waals surface area (Å²) in [5.74, 6) is -1.27. The molecule has 0 unspecified atom stereocenters. The zero-order valence-corrected chi connectivity index (χ0v) is 12.1. The van der Waals surface area contributed by atoms with E-state index in [-0.39, 0.29) is 6.54 Å². The Labute approximate surface area is 124 Å². The molecule has 2 atom stereocenters. The van der Waals surface area contributed by atoms with Gasteiger partial charge >= 0.3 is 22.4 Å². The van der Waals surface area contributed by atoms with E-state index in [1.54, 1.807) is 6.92 Å². The van der Waals surface area contributed by atoms with Crippen LogP contribution in [0.5, 0.6) is 0 Å². The number of hydroxylamine groups is 2. The number of aromatic nitrogens is 2. The van der Waals surface area contributed by atoms with Gasteiger partial charge in [-0.3, -0.25) is 9.23 Å². The molecule has 1 aromatic heterocycles. The van der Waals surface area contributed by atoms with Gasteiger partial charge < -0.3 is 10.0 Å². The Balaban J connectivity index is 2.13. The van der Waals surface area contributed by atoms with Crippen LogP contribution in [0.3, 0.4) is 0 Å². The van der Waals surface area contributed by atoms with Crippen molar-refractivity contribution in [2.24, 2.45) is 0 Å². The van der Waals surface area contributed by atoms with Crippen LogP contribution in [-0.2, 0) is 26.0 Å². The molecule has 0 spiro atoms. The fourth-order valence-corrected chi connectivity index (χ4v) is 3.21. The lowest BCUT2D eigenvalue weighted by Crippen LogP contribution is -2.39. The van der Waals surface area contributed by atoms with Crippen molar-refractivity contribution in [1.29, 1.82) is 0 Å². The Kier molecular flexibility index (Phi) is 3.12. The van der Waals surface area contributed by atoms with Crippen molar-refractivity contribution in [2.75, 3.05) is 6.54 Å². The van der Waals surface area contributed by atoms with Crippen molar-refractivity contribution in [3.05, 3.63) is 17.5 Å². The van der Waals surface area contributed by atoms with E-state index in [1.165, 1.54) is 10.9 Å². The largest absolute Gasteiger partial charge is 0.479 e. The maximum absolute atomic E-state index is 12.2. The second-order valence-electron chi connectivity index (χ2n) is 4.82. The Morgan fingerprint density at radius 3 is 2.77 bits per heavy atom. The van der Waals surface area contributed by atoms with Gasteiger partial charge in [-0.2, -0.15) is 18.6 Å². The van der Waals surface area contributed by atoms with Gasteiger partial charge in [0.2, 0.25) is 0 Å². The summed E-state index contributed by atoms with van der Waals surface area (Å²) in [6.07, 6.45) is 1.37. The molecule has 1 aromatic rings. The molecule has 12 heteroatoms. The average molecular weight is 332 g/mol. The smallest absolute Gasteiger partial charge is 0.418 e. The van der Waals surface area contributed by atoms with E-state index in [4.69, 9.17) is 4.55 Å². The van der Waals surface area contributed by atoms with Gasteiger partial charge in [0.1, 0.15) is 6.04 Å². The van der Waals surface area contributed by atoms with Crippen LogP contribution in [0.15, 0.2) is 6.20 Å². The number of amides is 2. The lowest BCUT2D eigenvalue weighted by Gasteiger charge is -2.28. The first-order valence-electron chi connectivity index (χ1n) is 6.29. The van der Waals surface area contributed by atoms with Crippen LogP contribution >= 0.6 is 0 Å². The van der Waals surface area contributed by atoms with E-state index in [0.717, 1.165) is 4.90 Å². The fourth-order valence-electron chi connectivity index (χ4n) is 2.84. The molecule has 0 radical (unpaired) electrons. The minimum atomic E-state index is -4.91. The van der Waals surface area contributed by atoms with E-state index < -0.39 is 34.5 Å². The third-order valence-corrected chi connectivity index (χ3v) is 3.98. The molecule has 2 amide bonds. The molecule has 2 aliphatic rings. The van der Waals surface area contributed by atoms with Gasteiger partial charge in [-0.1, -0.05) is 0 Å². The van der Waals surface area contributed by atoms with Crippen molar-refractivity contribution in [2.45, 2.75) is 25.6 Å². The topological polar surface area (TPSA) is 142 Å². The van der Waals surface area contributed by atoms with Crippen molar-refractivity contribution < 1.29 is 31.9 Å². The van der Waals surface area contributed by atoms with Crippen LogP contribution in [0.1, 0.15) is 30.3 Å². The number of aryl methyl sites for hydroxylation is 1. The molecule has 0 aromatic carbocycles. The summed E-state index contributed by atoms with van der Waals surface area (Å²) in [4.78, 5) is 24.7. The number of carboxylic acids is 1. The summed E-state index contributed by atoms with van der Waals surface area (Å²) in [7, 11) is -4.91. The maximum atomic E-state index is 12.2. The molecular formula is C10H12N4O7S. The Morgan fingerprint density at radius 1 is 1.55 bits per heavy atom. The summed E-state index contributed by atoms with van der Waals surface area (Å²) in [6, 6.07) is -3.11. The molecule has 11 nitrogen and oxygen atoms in total. The highest BCUT2D eigenvalue weighted by Gasteiger charge is 2.54. The highest BCUT2D eigenvalue weighted by molar-refractivity contribution is 7.80. The zero-order valence-electron chi connectivity index (χ0n) is 11.3. The summed E-state index contributed by atoms with van der Waals surface area (Å²) >= 11 is 0. The normalized spacial score (nSPS) is 23.8. The lowest BCUT2D eigenvalue weighted by molar-refractivity contribution is -0.142. The number of fused-ring (bicyclic) bond motifs is 4. The molecule has 2 N–H and O–H groups in total. The van der Waals surface area contributed by atoms with E-state index >= 15 is 0 Å². The molecule has 0 aliphatic carbocycles. The van der Waals surface area contributed by atoms with Crippen molar-refractivity contribution in [3.8, 4) is 0 Å². The van der Waals surface area contributed by atoms with Gasteiger partial charge in [-0.25, -0.2) is 9.59 Å². The van der Waals surface area contributed by atoms with Crippen molar-refractivity contribution in [3.63, 3.8) is 0 Å². The maximum Gasteiger partial charge on any atom is 0.418 e. The minimum absolute atomic E-state index is 0.0757. The van der Waals surface area contributed by atoms with Gasteiger partial charge in [0.15, 0.2) is 6.04 Å². The van der Waals surface area contributed by atoms with E-state index in [2.05, 4.69) is 9.38 Å². The first kappa shape index (κ1) is 14.7. The molecule has 2 aliphatic heterocycles. The molecule has 1 fully saturated rings. The number of rotatable bonds is 4. The van der Waals surface area contributed by atoms with Crippen LogP contribution in [0.25, 0.3) is 0 Å².